The number of benzene rings is 1. The predicted octanol–water partition coefficient (Wildman–Crippen LogP) is 2.53. The quantitative estimate of drug-likeness (QED) is 0.911. The van der Waals surface area contributed by atoms with Crippen molar-refractivity contribution in [1.29, 1.82) is 0 Å². The summed E-state index contributed by atoms with van der Waals surface area (Å²) < 4.78 is 0. The van der Waals surface area contributed by atoms with Crippen molar-refractivity contribution in [2.45, 2.75) is 18.8 Å². The predicted molar refractivity (Wildman–Crippen MR) is 83.5 cm³/mol. The second-order valence-corrected chi connectivity index (χ2v) is 6.04. The molecule has 1 aromatic heterocycles. The number of fused-ring (bicyclic) bond motifs is 1. The second kappa shape index (κ2) is 6.10. The Labute approximate surface area is 127 Å². The number of hydrogen-bond acceptors (Lipinski definition) is 3. The number of para-hydroxylation sites is 1. The van der Waals surface area contributed by atoms with Crippen LogP contribution in [0.2, 0.25) is 0 Å². The minimum Gasteiger partial charge on any atom is -0.355 e. The molecule has 2 N–H and O–H groups in total. The molecule has 0 bridgehead atoms. The Morgan fingerprint density at radius 3 is 2.95 bits per heavy atom. The van der Waals surface area contributed by atoms with Crippen LogP contribution in [-0.4, -0.2) is 18.4 Å². The van der Waals surface area contributed by atoms with Crippen LogP contribution >= 0.6 is 11.3 Å². The van der Waals surface area contributed by atoms with E-state index in [0.29, 0.717) is 6.54 Å². The van der Waals surface area contributed by atoms with Crippen LogP contribution in [0.4, 0.5) is 5.69 Å². The summed E-state index contributed by atoms with van der Waals surface area (Å²) in [6.07, 6.45) is 1.03. The summed E-state index contributed by atoms with van der Waals surface area (Å²) in [5, 5.41) is 7.77. The van der Waals surface area contributed by atoms with Gasteiger partial charge in [-0.15, -0.1) is 11.3 Å². The minimum atomic E-state index is -0.390. The summed E-state index contributed by atoms with van der Waals surface area (Å²) in [5.74, 6) is -0.570. The van der Waals surface area contributed by atoms with Gasteiger partial charge in [-0.1, -0.05) is 24.3 Å². The molecule has 0 aliphatic carbocycles. The van der Waals surface area contributed by atoms with Gasteiger partial charge < -0.3 is 10.6 Å². The number of thiophene rings is 1. The molecule has 0 fully saturated rings. The maximum atomic E-state index is 12.3. The molecular weight excluding hydrogens is 284 g/mol. The van der Waals surface area contributed by atoms with E-state index in [0.717, 1.165) is 17.7 Å². The highest BCUT2D eigenvalue weighted by Gasteiger charge is 2.29. The maximum Gasteiger partial charge on any atom is 0.228 e. The van der Waals surface area contributed by atoms with Crippen molar-refractivity contribution in [3.8, 4) is 0 Å². The van der Waals surface area contributed by atoms with E-state index in [1.54, 1.807) is 11.3 Å². The third-order valence-electron chi connectivity index (χ3n) is 3.57. The van der Waals surface area contributed by atoms with Crippen LogP contribution < -0.4 is 10.6 Å². The second-order valence-electron chi connectivity index (χ2n) is 5.01. The molecule has 21 heavy (non-hydrogen) atoms. The van der Waals surface area contributed by atoms with E-state index in [4.69, 9.17) is 0 Å². The van der Waals surface area contributed by atoms with Crippen molar-refractivity contribution < 1.29 is 9.59 Å². The van der Waals surface area contributed by atoms with Crippen molar-refractivity contribution >= 4 is 28.8 Å². The summed E-state index contributed by atoms with van der Waals surface area (Å²) in [4.78, 5) is 25.3. The first-order valence-corrected chi connectivity index (χ1v) is 7.81. The van der Waals surface area contributed by atoms with Crippen molar-refractivity contribution in [2.24, 2.45) is 0 Å². The highest BCUT2D eigenvalue weighted by atomic mass is 32.1. The number of rotatable bonds is 4. The molecule has 1 aliphatic rings. The normalized spacial score (nSPS) is 17.0. The third kappa shape index (κ3) is 3.13. The molecule has 0 spiro atoms. The average Bonchev–Trinajstić information content (AvgIpc) is 2.99. The Kier molecular flexibility index (Phi) is 4.01. The number of amides is 2. The monoisotopic (exact) mass is 300 g/mol. The molecule has 2 amide bonds. The lowest BCUT2D eigenvalue weighted by Crippen LogP contribution is -2.35. The van der Waals surface area contributed by atoms with Gasteiger partial charge in [0, 0.05) is 23.5 Å². The summed E-state index contributed by atoms with van der Waals surface area (Å²) in [5.41, 5.74) is 1.64. The van der Waals surface area contributed by atoms with Crippen molar-refractivity contribution in [2.75, 3.05) is 11.9 Å². The fraction of sp³-hybridized carbons (Fsp3) is 0.250. The number of nitrogens with one attached hydrogen (secondary N) is 2. The Morgan fingerprint density at radius 2 is 2.14 bits per heavy atom. The van der Waals surface area contributed by atoms with Crippen molar-refractivity contribution in [3.05, 3.63) is 52.2 Å². The highest BCUT2D eigenvalue weighted by molar-refractivity contribution is 7.09. The fourth-order valence-corrected chi connectivity index (χ4v) is 3.24. The molecule has 5 heteroatoms. The Hall–Kier alpha value is -2.14. The summed E-state index contributed by atoms with van der Waals surface area (Å²) in [6.45, 7) is 0.597. The topological polar surface area (TPSA) is 58.2 Å². The molecule has 0 unspecified atom stereocenters. The first-order chi connectivity index (χ1) is 10.2. The van der Waals surface area contributed by atoms with Crippen LogP contribution in [0.15, 0.2) is 41.8 Å². The Morgan fingerprint density at radius 1 is 1.29 bits per heavy atom. The third-order valence-corrected chi connectivity index (χ3v) is 4.50. The van der Waals surface area contributed by atoms with E-state index in [-0.39, 0.29) is 18.2 Å². The largest absolute Gasteiger partial charge is 0.355 e. The van der Waals surface area contributed by atoms with E-state index in [1.807, 2.05) is 35.7 Å². The Bertz CT molecular complexity index is 652. The molecule has 0 radical (unpaired) electrons. The average molecular weight is 300 g/mol. The van der Waals surface area contributed by atoms with E-state index in [1.165, 1.54) is 4.88 Å². The molecule has 2 aromatic rings. The van der Waals surface area contributed by atoms with Gasteiger partial charge in [0.2, 0.25) is 11.8 Å². The lowest BCUT2D eigenvalue weighted by molar-refractivity contribution is -0.126. The smallest absolute Gasteiger partial charge is 0.228 e. The lowest BCUT2D eigenvalue weighted by atomic mass is 9.90. The molecule has 3 rings (SSSR count). The van der Waals surface area contributed by atoms with Gasteiger partial charge in [-0.25, -0.2) is 0 Å². The van der Waals surface area contributed by atoms with Crippen molar-refractivity contribution in [3.63, 3.8) is 0 Å². The number of carbonyl (C=O) groups excluding carboxylic acids is 2. The standard InChI is InChI=1S/C16H16N2O2S/c19-15-10-13(12-5-1-2-6-14(12)18-15)16(20)17-8-7-11-4-3-9-21-11/h1-6,9,13H,7-8,10H2,(H,17,20)(H,18,19)/t13-/m0/s1. The van der Waals surface area contributed by atoms with Crippen LogP contribution in [0.1, 0.15) is 22.8 Å². The molecule has 1 atom stereocenters. The van der Waals surface area contributed by atoms with Crippen LogP contribution in [-0.2, 0) is 16.0 Å². The molecule has 0 saturated heterocycles. The van der Waals surface area contributed by atoms with E-state index < -0.39 is 5.92 Å². The van der Waals surface area contributed by atoms with Crippen LogP contribution in [0.5, 0.6) is 0 Å². The van der Waals surface area contributed by atoms with E-state index in [9.17, 15) is 9.59 Å². The number of hydrogen-bond donors (Lipinski definition) is 2. The zero-order valence-corrected chi connectivity index (χ0v) is 12.3. The van der Waals surface area contributed by atoms with Gasteiger partial charge in [-0.05, 0) is 29.5 Å². The summed E-state index contributed by atoms with van der Waals surface area (Å²) >= 11 is 1.68. The van der Waals surface area contributed by atoms with Crippen molar-refractivity contribution in [1.82, 2.24) is 5.32 Å². The highest BCUT2D eigenvalue weighted by Crippen LogP contribution is 2.31. The van der Waals surface area contributed by atoms with Gasteiger partial charge in [0.25, 0.3) is 0 Å². The van der Waals surface area contributed by atoms with Gasteiger partial charge in [0.15, 0.2) is 0 Å². The van der Waals surface area contributed by atoms with E-state index in [2.05, 4.69) is 16.7 Å². The first-order valence-electron chi connectivity index (χ1n) is 6.93. The van der Waals surface area contributed by atoms with Crippen LogP contribution in [0.3, 0.4) is 0 Å². The molecule has 1 aliphatic heterocycles. The van der Waals surface area contributed by atoms with Gasteiger partial charge in [0.1, 0.15) is 0 Å². The minimum absolute atomic E-state index is 0.0751. The molecular formula is C16H16N2O2S. The number of carbonyl (C=O) groups is 2. The van der Waals surface area contributed by atoms with E-state index >= 15 is 0 Å². The molecule has 2 heterocycles. The van der Waals surface area contributed by atoms with Gasteiger partial charge in [-0.2, -0.15) is 0 Å². The zero-order valence-electron chi connectivity index (χ0n) is 11.5. The number of anilines is 1. The molecule has 0 saturated carbocycles. The molecule has 108 valence electrons. The van der Waals surface area contributed by atoms with Gasteiger partial charge in [0.05, 0.1) is 5.92 Å². The van der Waals surface area contributed by atoms with Crippen LogP contribution in [0, 0.1) is 0 Å². The zero-order chi connectivity index (χ0) is 14.7. The Balaban J connectivity index is 1.65. The SMILES string of the molecule is O=C1C[C@H](C(=O)NCCc2cccs2)c2ccccc2N1. The van der Waals surface area contributed by atoms with Crippen LogP contribution in [0.25, 0.3) is 0 Å². The molecule has 4 nitrogen and oxygen atoms in total. The molecule has 1 aromatic carbocycles. The lowest BCUT2D eigenvalue weighted by Gasteiger charge is -2.24. The van der Waals surface area contributed by atoms with Gasteiger partial charge >= 0.3 is 0 Å². The summed E-state index contributed by atoms with van der Waals surface area (Å²) in [6, 6.07) is 11.5. The first kappa shape index (κ1) is 13.8. The summed E-state index contributed by atoms with van der Waals surface area (Å²) in [7, 11) is 0. The fourth-order valence-electron chi connectivity index (χ4n) is 2.53. The van der Waals surface area contributed by atoms with Gasteiger partial charge in [-0.3, -0.25) is 9.59 Å². The maximum absolute atomic E-state index is 12.3.